The molecular weight excluding hydrogens is 372 g/mol. The van der Waals surface area contributed by atoms with E-state index in [0.29, 0.717) is 38.9 Å². The molecule has 0 spiro atoms. The summed E-state index contributed by atoms with van der Waals surface area (Å²) in [6, 6.07) is 0. The molecular formula is C18H36N2O8. The van der Waals surface area contributed by atoms with Crippen molar-refractivity contribution in [2.75, 3.05) is 39.5 Å². The van der Waals surface area contributed by atoms with Gasteiger partial charge in [-0.25, -0.2) is 0 Å². The fraction of sp³-hybridized carbons (Fsp3) is 0.944. The van der Waals surface area contributed by atoms with E-state index in [0.717, 1.165) is 19.3 Å². The number of carbonyl (C=O) groups is 1. The highest BCUT2D eigenvalue weighted by Crippen LogP contribution is 2.22. The molecule has 3 unspecified atom stereocenters. The second-order valence-corrected chi connectivity index (χ2v) is 6.98. The highest BCUT2D eigenvalue weighted by molar-refractivity contribution is 5.76. The predicted octanol–water partition coefficient (Wildman–Crippen LogP) is -2.08. The van der Waals surface area contributed by atoms with Crippen molar-refractivity contribution in [3.63, 3.8) is 0 Å². The highest BCUT2D eigenvalue weighted by atomic mass is 16.7. The van der Waals surface area contributed by atoms with Crippen molar-refractivity contribution in [3.8, 4) is 0 Å². The Morgan fingerprint density at radius 1 is 0.964 bits per heavy atom. The fourth-order valence-electron chi connectivity index (χ4n) is 3.04. The third-order valence-corrected chi connectivity index (χ3v) is 4.74. The molecule has 1 aliphatic heterocycles. The standard InChI is InChI=1S/C18H36N2O8/c19-7-3-1-2-6-14(23)20(8-4-10-21)9-5-11-27-18-17(26)16(25)15(24)13(12-22)28-18/h13,15-18,21-22,24-26H,1-12,19H2/t13?,15-,16?,17?,18+/m1/s1. The van der Waals surface area contributed by atoms with Crippen molar-refractivity contribution in [1.29, 1.82) is 0 Å². The lowest BCUT2D eigenvalue weighted by Crippen LogP contribution is -2.59. The SMILES string of the molecule is NCCCCCC(=O)N(CCCO)CCCO[C@H]1OC(CO)[C@@H](O)C(O)C1O. The number of aliphatic hydroxyl groups excluding tert-OH is 5. The van der Waals surface area contributed by atoms with Crippen LogP contribution in [-0.2, 0) is 14.3 Å². The number of amides is 1. The van der Waals surface area contributed by atoms with Gasteiger partial charge in [-0.3, -0.25) is 4.79 Å². The molecule has 5 atom stereocenters. The number of nitrogens with zero attached hydrogens (tertiary/aromatic N) is 1. The largest absolute Gasteiger partial charge is 0.396 e. The lowest BCUT2D eigenvalue weighted by molar-refractivity contribution is -0.301. The lowest BCUT2D eigenvalue weighted by Gasteiger charge is -2.39. The maximum atomic E-state index is 12.3. The van der Waals surface area contributed by atoms with Crippen LogP contribution in [0.4, 0.5) is 0 Å². The van der Waals surface area contributed by atoms with Gasteiger partial charge in [-0.1, -0.05) is 6.42 Å². The Morgan fingerprint density at radius 3 is 2.32 bits per heavy atom. The molecule has 10 heteroatoms. The van der Waals surface area contributed by atoms with Gasteiger partial charge < -0.3 is 45.6 Å². The van der Waals surface area contributed by atoms with Gasteiger partial charge in [-0.05, 0) is 32.2 Å². The number of unbranched alkanes of at least 4 members (excludes halogenated alkanes) is 2. The second kappa shape index (κ2) is 14.2. The van der Waals surface area contributed by atoms with Crippen molar-refractivity contribution in [3.05, 3.63) is 0 Å². The minimum Gasteiger partial charge on any atom is -0.396 e. The van der Waals surface area contributed by atoms with Gasteiger partial charge in [-0.2, -0.15) is 0 Å². The number of carbonyl (C=O) groups excluding carboxylic acids is 1. The third-order valence-electron chi connectivity index (χ3n) is 4.74. The maximum absolute atomic E-state index is 12.3. The van der Waals surface area contributed by atoms with Crippen LogP contribution in [0.2, 0.25) is 0 Å². The van der Waals surface area contributed by atoms with Crippen LogP contribution < -0.4 is 5.73 Å². The van der Waals surface area contributed by atoms with Crippen LogP contribution in [-0.4, -0.2) is 107 Å². The summed E-state index contributed by atoms with van der Waals surface area (Å²) in [4.78, 5) is 14.0. The van der Waals surface area contributed by atoms with Crippen LogP contribution >= 0.6 is 0 Å². The number of nitrogens with two attached hydrogens (primary N) is 1. The molecule has 7 N–H and O–H groups in total. The summed E-state index contributed by atoms with van der Waals surface area (Å²) in [6.07, 6.45) is -2.59. The van der Waals surface area contributed by atoms with Gasteiger partial charge >= 0.3 is 0 Å². The molecule has 10 nitrogen and oxygen atoms in total. The summed E-state index contributed by atoms with van der Waals surface area (Å²) >= 11 is 0. The number of ether oxygens (including phenoxy) is 2. The van der Waals surface area contributed by atoms with Gasteiger partial charge in [0, 0.05) is 26.1 Å². The summed E-state index contributed by atoms with van der Waals surface area (Å²) in [5.41, 5.74) is 5.45. The Labute approximate surface area is 165 Å². The Hall–Kier alpha value is -0.850. The van der Waals surface area contributed by atoms with Gasteiger partial charge in [0.25, 0.3) is 0 Å². The molecule has 1 amide bonds. The van der Waals surface area contributed by atoms with Crippen LogP contribution in [0.25, 0.3) is 0 Å². The van der Waals surface area contributed by atoms with Crippen molar-refractivity contribution < 1.29 is 39.8 Å². The van der Waals surface area contributed by atoms with Gasteiger partial charge in [0.05, 0.1) is 13.2 Å². The second-order valence-electron chi connectivity index (χ2n) is 6.98. The van der Waals surface area contributed by atoms with Crippen LogP contribution in [0.5, 0.6) is 0 Å². The van der Waals surface area contributed by atoms with E-state index in [1.165, 1.54) is 0 Å². The molecule has 0 saturated carbocycles. The first kappa shape index (κ1) is 25.2. The molecule has 1 fully saturated rings. The molecule has 1 rings (SSSR count). The van der Waals surface area contributed by atoms with Gasteiger partial charge in [0.2, 0.25) is 5.91 Å². The van der Waals surface area contributed by atoms with Crippen LogP contribution in [0, 0.1) is 0 Å². The van der Waals surface area contributed by atoms with E-state index in [1.807, 2.05) is 0 Å². The molecule has 0 radical (unpaired) electrons. The summed E-state index contributed by atoms with van der Waals surface area (Å²) in [5.74, 6) is 0.0123. The topological polar surface area (TPSA) is 166 Å². The average molecular weight is 408 g/mol. The van der Waals surface area contributed by atoms with E-state index < -0.39 is 37.3 Å². The van der Waals surface area contributed by atoms with E-state index in [9.17, 15) is 25.2 Å². The molecule has 166 valence electrons. The Balaban J connectivity index is 2.40. The smallest absolute Gasteiger partial charge is 0.222 e. The minimum atomic E-state index is -1.48. The molecule has 28 heavy (non-hydrogen) atoms. The molecule has 0 aromatic heterocycles. The summed E-state index contributed by atoms with van der Waals surface area (Å²) in [6.45, 7) is 1.12. The molecule has 1 aliphatic rings. The van der Waals surface area contributed by atoms with E-state index in [2.05, 4.69) is 0 Å². The summed E-state index contributed by atoms with van der Waals surface area (Å²) in [5, 5.41) is 47.6. The Kier molecular flexibility index (Phi) is 12.8. The van der Waals surface area contributed by atoms with E-state index in [1.54, 1.807) is 4.90 Å². The highest BCUT2D eigenvalue weighted by Gasteiger charge is 2.43. The van der Waals surface area contributed by atoms with E-state index >= 15 is 0 Å². The zero-order chi connectivity index (χ0) is 20.9. The molecule has 0 aliphatic carbocycles. The van der Waals surface area contributed by atoms with Crippen LogP contribution in [0.15, 0.2) is 0 Å². The first-order chi connectivity index (χ1) is 13.5. The number of aliphatic hydroxyl groups is 5. The molecule has 1 heterocycles. The molecule has 0 aromatic rings. The molecule has 0 bridgehead atoms. The van der Waals surface area contributed by atoms with E-state index in [-0.39, 0.29) is 19.1 Å². The summed E-state index contributed by atoms with van der Waals surface area (Å²) in [7, 11) is 0. The monoisotopic (exact) mass is 408 g/mol. The van der Waals surface area contributed by atoms with Crippen molar-refractivity contribution in [2.24, 2.45) is 5.73 Å². The normalized spacial score (nSPS) is 27.7. The van der Waals surface area contributed by atoms with Crippen molar-refractivity contribution in [1.82, 2.24) is 4.90 Å². The molecule has 1 saturated heterocycles. The zero-order valence-electron chi connectivity index (χ0n) is 16.4. The quantitative estimate of drug-likeness (QED) is 0.177. The first-order valence-corrected chi connectivity index (χ1v) is 9.97. The number of hydrogen-bond donors (Lipinski definition) is 6. The maximum Gasteiger partial charge on any atom is 0.222 e. The molecule has 0 aromatic carbocycles. The summed E-state index contributed by atoms with van der Waals surface area (Å²) < 4.78 is 10.7. The van der Waals surface area contributed by atoms with Gasteiger partial charge in [-0.15, -0.1) is 0 Å². The lowest BCUT2D eigenvalue weighted by atomic mass is 9.99. The average Bonchev–Trinajstić information content (AvgIpc) is 2.70. The fourth-order valence-corrected chi connectivity index (χ4v) is 3.04. The number of rotatable bonds is 14. The Bertz CT molecular complexity index is 426. The number of hydrogen-bond acceptors (Lipinski definition) is 9. The van der Waals surface area contributed by atoms with E-state index in [4.69, 9.17) is 20.3 Å². The van der Waals surface area contributed by atoms with Crippen molar-refractivity contribution >= 4 is 5.91 Å². The van der Waals surface area contributed by atoms with Crippen LogP contribution in [0.3, 0.4) is 0 Å². The zero-order valence-corrected chi connectivity index (χ0v) is 16.4. The van der Waals surface area contributed by atoms with Crippen molar-refractivity contribution in [2.45, 2.75) is 69.2 Å². The minimum absolute atomic E-state index is 0.00166. The third kappa shape index (κ3) is 8.26. The predicted molar refractivity (Wildman–Crippen MR) is 100 cm³/mol. The van der Waals surface area contributed by atoms with Gasteiger partial charge in [0.1, 0.15) is 24.4 Å². The van der Waals surface area contributed by atoms with Gasteiger partial charge in [0.15, 0.2) is 6.29 Å². The van der Waals surface area contributed by atoms with Crippen LogP contribution in [0.1, 0.15) is 38.5 Å². The Morgan fingerprint density at radius 2 is 1.68 bits per heavy atom. The first-order valence-electron chi connectivity index (χ1n) is 9.97.